The summed E-state index contributed by atoms with van der Waals surface area (Å²) in [6, 6.07) is 0. The van der Waals surface area contributed by atoms with Crippen molar-refractivity contribution in [3.8, 4) is 0 Å². The van der Waals surface area contributed by atoms with E-state index in [1.165, 1.54) is 0 Å². The molecule has 0 unspecified atom stereocenters. The van der Waals surface area contributed by atoms with Crippen molar-refractivity contribution in [2.45, 2.75) is 20.5 Å². The minimum Gasteiger partial charge on any atom is -0.453 e. The molecule has 3 nitrogen and oxygen atoms in total. The van der Waals surface area contributed by atoms with Gasteiger partial charge >= 0.3 is 21.4 Å². The Labute approximate surface area is 64.8 Å². The van der Waals surface area contributed by atoms with Crippen molar-refractivity contribution in [3.63, 3.8) is 0 Å². The summed E-state index contributed by atoms with van der Waals surface area (Å²) >= 11 is 0. The van der Waals surface area contributed by atoms with Crippen LogP contribution in [0.2, 0.25) is 20.5 Å². The Morgan fingerprint density at radius 2 is 0.900 bits per heavy atom. The zero-order chi connectivity index (χ0) is 6.85. The number of hydrogen-bond acceptors (Lipinski definition) is 3. The van der Waals surface area contributed by atoms with Crippen molar-refractivity contribution in [2.75, 3.05) is 0 Å². The summed E-state index contributed by atoms with van der Waals surface area (Å²) in [6.45, 7) is 5.57. The Kier molecular flexibility index (Phi) is 4.17. The third kappa shape index (κ3) is 2.82. The molecule has 0 bridgehead atoms. The van der Waals surface area contributed by atoms with Crippen LogP contribution < -0.4 is 0 Å². The van der Waals surface area contributed by atoms with Gasteiger partial charge < -0.3 is 13.7 Å². The molecule has 0 aromatic rings. The molecule has 0 aromatic carbocycles. The molecule has 7 heteroatoms. The van der Waals surface area contributed by atoms with Crippen molar-refractivity contribution >= 4 is 29.8 Å². The Morgan fingerprint density at radius 3 is 1.10 bits per heavy atom. The van der Waals surface area contributed by atoms with Crippen LogP contribution >= 0.6 is 0 Å². The first-order valence-electron chi connectivity index (χ1n) is 3.15. The summed E-state index contributed by atoms with van der Waals surface area (Å²) < 4.78 is 15.3. The van der Waals surface area contributed by atoms with Crippen molar-refractivity contribution < 1.29 is 13.7 Å². The van der Waals surface area contributed by atoms with E-state index in [0.717, 1.165) is 0 Å². The third-order valence-electron chi connectivity index (χ3n) is 1.15. The monoisotopic (exact) mass is 137 g/mol. The lowest BCUT2D eigenvalue weighted by molar-refractivity contribution is 0.294. The number of hydrogen-bond donors (Lipinski definition) is 0. The normalized spacial score (nSPS) is 18.9. The van der Waals surface area contributed by atoms with Gasteiger partial charge in [0, 0.05) is 8.41 Å². The topological polar surface area (TPSA) is 27.7 Å². The molecule has 51 valence electrons. The average molecular weight is 136 g/mol. The van der Waals surface area contributed by atoms with Gasteiger partial charge in [0.25, 0.3) is 0 Å². The Morgan fingerprint density at radius 1 is 0.700 bits per heavy atom. The molecule has 1 heterocycles. The van der Waals surface area contributed by atoms with Crippen molar-refractivity contribution in [2.24, 2.45) is 0 Å². The van der Waals surface area contributed by atoms with Crippen LogP contribution in [0.3, 0.4) is 0 Å². The second-order valence-corrected chi connectivity index (χ2v) is 2.11. The van der Waals surface area contributed by atoms with E-state index in [2.05, 4.69) is 0 Å². The van der Waals surface area contributed by atoms with E-state index >= 15 is 0 Å². The molecule has 1 saturated heterocycles. The van der Waals surface area contributed by atoms with Crippen LogP contribution in [0, 0.1) is 0 Å². The van der Waals surface area contributed by atoms with Gasteiger partial charge in [-0.3, -0.25) is 0 Å². The predicted molar refractivity (Wildman–Crippen MR) is 43.9 cm³/mol. The van der Waals surface area contributed by atoms with Crippen LogP contribution in [-0.2, 0) is 13.7 Å². The van der Waals surface area contributed by atoms with Crippen LogP contribution in [0.25, 0.3) is 0 Å². The minimum absolute atomic E-state index is 0. The highest BCUT2D eigenvalue weighted by atomic mass is 16.7. The molecule has 1 rings (SSSR count). The molecule has 1 aliphatic rings. The van der Waals surface area contributed by atoms with Gasteiger partial charge in [-0.05, 0) is 20.5 Å². The zero-order valence-electron chi connectivity index (χ0n) is 6.53. The fourth-order valence-corrected chi connectivity index (χ4v) is 0.906. The van der Waals surface area contributed by atoms with Gasteiger partial charge in [-0.15, -0.1) is 0 Å². The van der Waals surface area contributed by atoms with Crippen LogP contribution in [0.1, 0.15) is 0 Å². The molecule has 0 saturated carbocycles. The van der Waals surface area contributed by atoms with Gasteiger partial charge in [0.05, 0.1) is 0 Å². The van der Waals surface area contributed by atoms with Crippen molar-refractivity contribution in [1.29, 1.82) is 0 Å². The fourth-order valence-electron chi connectivity index (χ4n) is 0.906. The van der Waals surface area contributed by atoms with E-state index in [4.69, 9.17) is 13.7 Å². The Balaban J connectivity index is 0.000000810. The molecule has 0 amide bonds. The zero-order valence-corrected chi connectivity index (χ0v) is 6.53. The summed E-state index contributed by atoms with van der Waals surface area (Å²) in [5.74, 6) is 0. The summed E-state index contributed by atoms with van der Waals surface area (Å²) in [5.41, 5.74) is 0. The quantitative estimate of drug-likeness (QED) is 0.440. The van der Waals surface area contributed by atoms with Gasteiger partial charge in [-0.25, -0.2) is 0 Å². The SMILES string of the molecule is CB1OB(C)OB(C)O1.[B]. The molecule has 10 heavy (non-hydrogen) atoms. The second kappa shape index (κ2) is 4.11. The lowest BCUT2D eigenvalue weighted by atomic mass is 9.74. The summed E-state index contributed by atoms with van der Waals surface area (Å²) in [4.78, 5) is 0. The van der Waals surface area contributed by atoms with Crippen LogP contribution in [0.4, 0.5) is 0 Å². The average Bonchev–Trinajstić information content (AvgIpc) is 1.59. The number of rotatable bonds is 0. The first-order valence-corrected chi connectivity index (χ1v) is 3.15. The Bertz CT molecular complexity index is 76.7. The molecule has 0 N–H and O–H groups in total. The lowest BCUT2D eigenvalue weighted by Gasteiger charge is -2.25. The molecule has 3 radical (unpaired) electrons. The van der Waals surface area contributed by atoms with Gasteiger partial charge in [0.1, 0.15) is 0 Å². The van der Waals surface area contributed by atoms with E-state index in [-0.39, 0.29) is 29.8 Å². The highest BCUT2D eigenvalue weighted by Crippen LogP contribution is 2.06. The standard InChI is InChI=1S/C3H9B3O3.B/c1-4-7-5(2)9-6(3)8-4;/h1-3H3;. The second-order valence-electron chi connectivity index (χ2n) is 2.11. The predicted octanol–water partition coefficient (Wildman–Crippen LogP) is 0.0230. The summed E-state index contributed by atoms with van der Waals surface area (Å²) in [5, 5.41) is 0. The molecule has 0 aliphatic carbocycles. The molecular weight excluding hydrogens is 127 g/mol. The molecule has 0 aromatic heterocycles. The molecule has 0 atom stereocenters. The van der Waals surface area contributed by atoms with E-state index < -0.39 is 0 Å². The van der Waals surface area contributed by atoms with E-state index in [1.807, 2.05) is 20.5 Å². The Hall–Kier alpha value is 0.140. The third-order valence-corrected chi connectivity index (χ3v) is 1.15. The summed E-state index contributed by atoms with van der Waals surface area (Å²) in [7, 11) is -0.406. The largest absolute Gasteiger partial charge is 0.453 e. The lowest BCUT2D eigenvalue weighted by Crippen LogP contribution is -2.44. The van der Waals surface area contributed by atoms with Gasteiger partial charge in [0.2, 0.25) is 0 Å². The van der Waals surface area contributed by atoms with E-state index in [9.17, 15) is 0 Å². The molecule has 1 fully saturated rings. The maximum Gasteiger partial charge on any atom is 0.426 e. The van der Waals surface area contributed by atoms with Crippen LogP contribution in [0.15, 0.2) is 0 Å². The van der Waals surface area contributed by atoms with Crippen LogP contribution in [0.5, 0.6) is 0 Å². The fraction of sp³-hybridized carbons (Fsp3) is 1.00. The minimum atomic E-state index is -0.135. The van der Waals surface area contributed by atoms with E-state index in [0.29, 0.717) is 0 Å². The van der Waals surface area contributed by atoms with Gasteiger partial charge in [-0.2, -0.15) is 0 Å². The van der Waals surface area contributed by atoms with Crippen molar-refractivity contribution in [1.82, 2.24) is 0 Å². The smallest absolute Gasteiger partial charge is 0.426 e. The first kappa shape index (κ1) is 10.1. The molecule has 1 aliphatic heterocycles. The van der Waals surface area contributed by atoms with E-state index in [1.54, 1.807) is 0 Å². The molecule has 0 spiro atoms. The van der Waals surface area contributed by atoms with Crippen molar-refractivity contribution in [3.05, 3.63) is 0 Å². The van der Waals surface area contributed by atoms with Crippen LogP contribution in [-0.4, -0.2) is 29.8 Å². The highest BCUT2D eigenvalue weighted by molar-refractivity contribution is 6.72. The first-order chi connectivity index (χ1) is 4.18. The summed E-state index contributed by atoms with van der Waals surface area (Å²) in [6.07, 6.45) is 0. The van der Waals surface area contributed by atoms with Gasteiger partial charge in [0.15, 0.2) is 0 Å². The maximum atomic E-state index is 5.11. The highest BCUT2D eigenvalue weighted by Gasteiger charge is 2.31. The maximum absolute atomic E-state index is 5.11. The van der Waals surface area contributed by atoms with Gasteiger partial charge in [-0.1, -0.05) is 0 Å². The molecular formula is C3H9B4O3.